The summed E-state index contributed by atoms with van der Waals surface area (Å²) in [7, 11) is 0. The highest BCUT2D eigenvalue weighted by molar-refractivity contribution is 9.10. The van der Waals surface area contributed by atoms with Crippen molar-refractivity contribution >= 4 is 45.3 Å². The molecule has 0 bridgehead atoms. The number of nitrogens with zero attached hydrogens (tertiary/aromatic N) is 2. The Labute approximate surface area is 115 Å². The minimum absolute atomic E-state index is 0.0139. The van der Waals surface area contributed by atoms with Crippen LogP contribution in [-0.4, -0.2) is 16.3 Å². The van der Waals surface area contributed by atoms with Crippen molar-refractivity contribution in [2.45, 2.75) is 0 Å². The van der Waals surface area contributed by atoms with Gasteiger partial charge in [-0.3, -0.25) is 4.79 Å². The lowest BCUT2D eigenvalue weighted by Gasteiger charge is -2.09. The lowest BCUT2D eigenvalue weighted by Crippen LogP contribution is -2.02. The van der Waals surface area contributed by atoms with Gasteiger partial charge in [-0.2, -0.15) is 0 Å². The van der Waals surface area contributed by atoms with Gasteiger partial charge in [-0.25, -0.2) is 14.4 Å². The van der Waals surface area contributed by atoms with Crippen LogP contribution < -0.4 is 5.32 Å². The summed E-state index contributed by atoms with van der Waals surface area (Å²) < 4.78 is 14.2. The minimum Gasteiger partial charge on any atom is -0.337 e. The first-order chi connectivity index (χ1) is 8.61. The fraction of sp³-hybridized carbons (Fsp3) is 0. The van der Waals surface area contributed by atoms with Gasteiger partial charge in [0.05, 0.1) is 11.3 Å². The van der Waals surface area contributed by atoms with E-state index in [-0.39, 0.29) is 22.2 Å². The Kier molecular flexibility index (Phi) is 3.88. The first kappa shape index (κ1) is 12.9. The highest BCUT2D eigenvalue weighted by atomic mass is 79.9. The number of aldehydes is 1. The second-order valence-electron chi connectivity index (χ2n) is 3.29. The number of hydrogen-bond acceptors (Lipinski definition) is 4. The van der Waals surface area contributed by atoms with Gasteiger partial charge < -0.3 is 5.32 Å². The highest BCUT2D eigenvalue weighted by Gasteiger charge is 2.11. The molecule has 1 N–H and O–H groups in total. The average Bonchev–Trinajstić information content (AvgIpc) is 2.33. The van der Waals surface area contributed by atoms with Crippen LogP contribution in [0.2, 0.25) is 5.15 Å². The van der Waals surface area contributed by atoms with Crippen molar-refractivity contribution in [2.24, 2.45) is 0 Å². The molecule has 7 heteroatoms. The molecule has 0 saturated carbocycles. The first-order valence-corrected chi connectivity index (χ1v) is 5.96. The molecule has 2 rings (SSSR count). The van der Waals surface area contributed by atoms with E-state index < -0.39 is 5.82 Å². The Morgan fingerprint density at radius 1 is 1.39 bits per heavy atom. The highest BCUT2D eigenvalue weighted by Crippen LogP contribution is 2.25. The predicted octanol–water partition coefficient (Wildman–Crippen LogP) is 3.59. The molecular weight excluding hydrogens is 324 g/mol. The van der Waals surface area contributed by atoms with E-state index in [2.05, 4.69) is 31.2 Å². The van der Waals surface area contributed by atoms with Gasteiger partial charge in [0.1, 0.15) is 23.1 Å². The van der Waals surface area contributed by atoms with E-state index in [9.17, 15) is 9.18 Å². The molecule has 2 aromatic rings. The largest absolute Gasteiger partial charge is 0.337 e. The zero-order valence-corrected chi connectivity index (χ0v) is 11.2. The number of carbonyl (C=O) groups is 1. The fourth-order valence-corrected chi connectivity index (χ4v) is 1.81. The van der Waals surface area contributed by atoms with Gasteiger partial charge in [0.15, 0.2) is 6.29 Å². The van der Waals surface area contributed by atoms with E-state index in [4.69, 9.17) is 11.6 Å². The number of anilines is 2. The monoisotopic (exact) mass is 329 g/mol. The van der Waals surface area contributed by atoms with Gasteiger partial charge in [0, 0.05) is 4.47 Å². The topological polar surface area (TPSA) is 54.9 Å². The molecular formula is C11H6BrClFN3O. The summed E-state index contributed by atoms with van der Waals surface area (Å²) >= 11 is 8.89. The summed E-state index contributed by atoms with van der Waals surface area (Å²) in [6.07, 6.45) is 1.70. The minimum atomic E-state index is -0.476. The van der Waals surface area contributed by atoms with Crippen molar-refractivity contribution in [3.63, 3.8) is 0 Å². The van der Waals surface area contributed by atoms with Crippen LogP contribution in [-0.2, 0) is 0 Å². The molecule has 4 nitrogen and oxygen atoms in total. The number of benzene rings is 1. The number of rotatable bonds is 3. The molecule has 1 heterocycles. The van der Waals surface area contributed by atoms with Gasteiger partial charge >= 0.3 is 0 Å². The van der Waals surface area contributed by atoms with Gasteiger partial charge in [-0.1, -0.05) is 27.5 Å². The Morgan fingerprint density at radius 2 is 2.17 bits per heavy atom. The maximum absolute atomic E-state index is 13.6. The summed E-state index contributed by atoms with van der Waals surface area (Å²) in [5.74, 6) is -0.317. The van der Waals surface area contributed by atoms with Crippen LogP contribution in [0.4, 0.5) is 15.9 Å². The molecule has 0 saturated heterocycles. The van der Waals surface area contributed by atoms with Gasteiger partial charge in [-0.15, -0.1) is 0 Å². The first-order valence-electron chi connectivity index (χ1n) is 4.79. The molecule has 1 aromatic heterocycles. The van der Waals surface area contributed by atoms with E-state index in [0.717, 1.165) is 0 Å². The van der Waals surface area contributed by atoms with Crippen LogP contribution in [0.1, 0.15) is 10.4 Å². The Balaban J connectivity index is 2.40. The van der Waals surface area contributed by atoms with Crippen molar-refractivity contribution in [2.75, 3.05) is 5.32 Å². The lowest BCUT2D eigenvalue weighted by atomic mass is 10.3. The maximum Gasteiger partial charge on any atom is 0.156 e. The van der Waals surface area contributed by atoms with Gasteiger partial charge in [0.25, 0.3) is 0 Å². The van der Waals surface area contributed by atoms with E-state index in [1.54, 1.807) is 6.07 Å². The smallest absolute Gasteiger partial charge is 0.156 e. The lowest BCUT2D eigenvalue weighted by molar-refractivity contribution is 0.112. The van der Waals surface area contributed by atoms with Crippen molar-refractivity contribution in [3.8, 4) is 0 Å². The van der Waals surface area contributed by atoms with E-state index in [1.165, 1.54) is 18.5 Å². The predicted molar refractivity (Wildman–Crippen MR) is 69.8 cm³/mol. The molecule has 0 radical (unpaired) electrons. The molecule has 0 unspecified atom stereocenters. The third kappa shape index (κ3) is 2.65. The van der Waals surface area contributed by atoms with Crippen LogP contribution in [0, 0.1) is 5.82 Å². The molecule has 92 valence electrons. The SMILES string of the molecule is O=Cc1c(Cl)ncnc1Nc1ccc(Br)cc1F. The average molecular weight is 331 g/mol. The van der Waals surface area contributed by atoms with E-state index in [0.29, 0.717) is 10.8 Å². The van der Waals surface area contributed by atoms with Crippen molar-refractivity contribution in [1.29, 1.82) is 0 Å². The Bertz CT molecular complexity index is 609. The van der Waals surface area contributed by atoms with Crippen molar-refractivity contribution in [3.05, 3.63) is 45.5 Å². The molecule has 0 atom stereocenters. The van der Waals surface area contributed by atoms with Crippen LogP contribution in [0.25, 0.3) is 0 Å². The van der Waals surface area contributed by atoms with Crippen molar-refractivity contribution < 1.29 is 9.18 Å². The van der Waals surface area contributed by atoms with Crippen LogP contribution in [0.15, 0.2) is 29.0 Å². The third-order valence-corrected chi connectivity index (χ3v) is 2.93. The molecule has 0 aliphatic carbocycles. The number of aromatic nitrogens is 2. The normalized spacial score (nSPS) is 10.2. The van der Waals surface area contributed by atoms with Gasteiger partial charge in [0.2, 0.25) is 0 Å². The summed E-state index contributed by atoms with van der Waals surface area (Å²) in [4.78, 5) is 18.4. The number of hydrogen-bond donors (Lipinski definition) is 1. The van der Waals surface area contributed by atoms with Crippen molar-refractivity contribution in [1.82, 2.24) is 9.97 Å². The second-order valence-corrected chi connectivity index (χ2v) is 4.57. The molecule has 0 aliphatic rings. The van der Waals surface area contributed by atoms with Crippen LogP contribution in [0.3, 0.4) is 0 Å². The molecule has 1 aromatic carbocycles. The Morgan fingerprint density at radius 3 is 2.83 bits per heavy atom. The Hall–Kier alpha value is -1.53. The van der Waals surface area contributed by atoms with Gasteiger partial charge in [-0.05, 0) is 18.2 Å². The molecule has 18 heavy (non-hydrogen) atoms. The molecule has 0 amide bonds. The summed E-state index contributed by atoms with van der Waals surface area (Å²) in [5, 5.41) is 2.71. The molecule has 0 fully saturated rings. The summed E-state index contributed by atoms with van der Waals surface area (Å²) in [6.45, 7) is 0. The maximum atomic E-state index is 13.6. The molecule has 0 spiro atoms. The number of carbonyl (C=O) groups excluding carboxylic acids is 1. The third-order valence-electron chi connectivity index (χ3n) is 2.14. The zero-order valence-electron chi connectivity index (χ0n) is 8.82. The van der Waals surface area contributed by atoms with Crippen LogP contribution in [0.5, 0.6) is 0 Å². The van der Waals surface area contributed by atoms with E-state index >= 15 is 0 Å². The standard InChI is InChI=1S/C11H6BrClFN3O/c12-6-1-2-9(8(14)3-6)17-11-7(4-18)10(13)15-5-16-11/h1-5H,(H,15,16,17). The number of halogens is 3. The van der Waals surface area contributed by atoms with E-state index in [1.807, 2.05) is 0 Å². The number of nitrogens with one attached hydrogen (secondary N) is 1. The molecule has 0 aliphatic heterocycles. The fourth-order valence-electron chi connectivity index (χ4n) is 1.30. The van der Waals surface area contributed by atoms with Crippen LogP contribution >= 0.6 is 27.5 Å². The quantitative estimate of drug-likeness (QED) is 0.690. The summed E-state index contributed by atoms with van der Waals surface area (Å²) in [6, 6.07) is 4.48. The zero-order chi connectivity index (χ0) is 13.1. The second kappa shape index (κ2) is 5.41. The summed E-state index contributed by atoms with van der Waals surface area (Å²) in [5.41, 5.74) is 0.276.